The molecular formula is C18H17F8NO3. The number of amides is 1. The molecule has 1 atom stereocenters. The summed E-state index contributed by atoms with van der Waals surface area (Å²) in [5.74, 6) is -15.0. The number of ether oxygens (including phenoxy) is 1. The number of allylic oxidation sites excluding steroid dienone is 1. The molecule has 0 heterocycles. The number of alkyl halides is 8. The third-order valence-electron chi connectivity index (χ3n) is 3.99. The first-order valence-corrected chi connectivity index (χ1v) is 8.08. The van der Waals surface area contributed by atoms with Crippen LogP contribution in [0.1, 0.15) is 36.2 Å². The van der Waals surface area contributed by atoms with Crippen molar-refractivity contribution in [3.8, 4) is 0 Å². The molecule has 1 aromatic rings. The van der Waals surface area contributed by atoms with Gasteiger partial charge in [-0.1, -0.05) is 11.6 Å². The lowest BCUT2D eigenvalue weighted by atomic mass is 9.80. The summed E-state index contributed by atoms with van der Waals surface area (Å²) in [6.45, 7) is 4.99. The Bertz CT molecular complexity index is 850. The van der Waals surface area contributed by atoms with Crippen LogP contribution in [0, 0.1) is 0 Å². The number of esters is 1. The third-order valence-corrected chi connectivity index (χ3v) is 3.99. The first kappa shape index (κ1) is 25.4. The summed E-state index contributed by atoms with van der Waals surface area (Å²) < 4.78 is 114. The van der Waals surface area contributed by atoms with Crippen LogP contribution >= 0.6 is 0 Å². The Morgan fingerprint density at radius 3 is 1.93 bits per heavy atom. The van der Waals surface area contributed by atoms with Gasteiger partial charge in [-0.2, -0.15) is 30.7 Å². The second-order valence-corrected chi connectivity index (χ2v) is 6.51. The van der Waals surface area contributed by atoms with Crippen molar-refractivity contribution in [2.45, 2.75) is 44.0 Å². The summed E-state index contributed by atoms with van der Waals surface area (Å²) in [5.41, 5.74) is -7.49. The van der Waals surface area contributed by atoms with Crippen LogP contribution < -0.4 is 5.32 Å². The summed E-state index contributed by atoms with van der Waals surface area (Å²) in [4.78, 5) is 23.1. The Morgan fingerprint density at radius 2 is 1.53 bits per heavy atom. The number of rotatable bonds is 7. The fourth-order valence-corrected chi connectivity index (χ4v) is 2.61. The molecule has 0 fully saturated rings. The summed E-state index contributed by atoms with van der Waals surface area (Å²) in [6, 6.07) is 1.46. The van der Waals surface area contributed by atoms with Gasteiger partial charge in [-0.25, -0.2) is 9.18 Å². The van der Waals surface area contributed by atoms with E-state index in [4.69, 9.17) is 0 Å². The Morgan fingerprint density at radius 1 is 1.00 bits per heavy atom. The van der Waals surface area contributed by atoms with Gasteiger partial charge in [0.2, 0.25) is 11.6 Å². The molecule has 30 heavy (non-hydrogen) atoms. The van der Waals surface area contributed by atoms with Crippen molar-refractivity contribution in [2.24, 2.45) is 0 Å². The Kier molecular flexibility index (Phi) is 6.96. The lowest BCUT2D eigenvalue weighted by Crippen LogP contribution is -2.61. The monoisotopic (exact) mass is 447 g/mol. The summed E-state index contributed by atoms with van der Waals surface area (Å²) in [5, 5.41) is 1.99. The topological polar surface area (TPSA) is 55.4 Å². The molecule has 0 saturated heterocycles. The number of carbonyl (C=O) groups excluding carboxylic acids is 2. The molecule has 0 aromatic heterocycles. The van der Waals surface area contributed by atoms with E-state index < -0.39 is 64.4 Å². The van der Waals surface area contributed by atoms with E-state index in [2.05, 4.69) is 11.3 Å². The summed E-state index contributed by atoms with van der Waals surface area (Å²) in [7, 11) is 0.923. The van der Waals surface area contributed by atoms with Crippen molar-refractivity contribution < 1.29 is 49.4 Å². The van der Waals surface area contributed by atoms with Gasteiger partial charge < -0.3 is 10.1 Å². The van der Waals surface area contributed by atoms with E-state index in [1.807, 2.05) is 5.32 Å². The molecule has 0 radical (unpaired) electrons. The second-order valence-electron chi connectivity index (χ2n) is 6.51. The number of anilines is 1. The van der Waals surface area contributed by atoms with Crippen molar-refractivity contribution in [1.82, 2.24) is 0 Å². The molecule has 0 aliphatic heterocycles. The second kappa shape index (κ2) is 8.23. The molecule has 0 aliphatic rings. The van der Waals surface area contributed by atoms with Gasteiger partial charge in [-0.05, 0) is 24.6 Å². The van der Waals surface area contributed by atoms with Gasteiger partial charge in [-0.3, -0.25) is 4.79 Å². The van der Waals surface area contributed by atoms with E-state index >= 15 is 4.39 Å². The molecule has 0 bridgehead atoms. The van der Waals surface area contributed by atoms with Crippen molar-refractivity contribution in [2.75, 3.05) is 12.4 Å². The number of hydrogen-bond acceptors (Lipinski definition) is 3. The first-order chi connectivity index (χ1) is 13.4. The van der Waals surface area contributed by atoms with E-state index in [0.29, 0.717) is 18.2 Å². The minimum atomic E-state index is -6.77. The van der Waals surface area contributed by atoms with Crippen LogP contribution in [0.4, 0.5) is 40.8 Å². The van der Waals surface area contributed by atoms with E-state index in [0.717, 1.165) is 21.0 Å². The molecule has 168 valence electrons. The fourth-order valence-electron chi connectivity index (χ4n) is 2.61. The first-order valence-electron chi connectivity index (χ1n) is 8.08. The molecule has 1 rings (SSSR count). The lowest BCUT2D eigenvalue weighted by Gasteiger charge is -2.39. The van der Waals surface area contributed by atoms with E-state index in [1.54, 1.807) is 0 Å². The van der Waals surface area contributed by atoms with Crippen molar-refractivity contribution in [3.63, 3.8) is 0 Å². The van der Waals surface area contributed by atoms with E-state index in [-0.39, 0.29) is 0 Å². The number of halogens is 8. The average molecular weight is 447 g/mol. The molecule has 0 saturated carbocycles. The Labute approximate surface area is 165 Å². The minimum Gasteiger partial charge on any atom is -0.465 e. The number of hydrogen-bond donors (Lipinski definition) is 1. The van der Waals surface area contributed by atoms with Gasteiger partial charge in [0.15, 0.2) is 0 Å². The van der Waals surface area contributed by atoms with Gasteiger partial charge >= 0.3 is 24.0 Å². The summed E-state index contributed by atoms with van der Waals surface area (Å²) >= 11 is 0. The lowest BCUT2D eigenvalue weighted by molar-refractivity contribution is -0.382. The van der Waals surface area contributed by atoms with Gasteiger partial charge in [0.25, 0.3) is 0 Å². The van der Waals surface area contributed by atoms with Crippen LogP contribution in [-0.4, -0.2) is 37.0 Å². The van der Waals surface area contributed by atoms with Gasteiger partial charge in [0.05, 0.1) is 18.4 Å². The number of carbonyl (C=O) groups is 2. The molecule has 1 aromatic carbocycles. The third kappa shape index (κ3) is 4.41. The highest BCUT2D eigenvalue weighted by atomic mass is 19.4. The van der Waals surface area contributed by atoms with Gasteiger partial charge in [0.1, 0.15) is 0 Å². The quantitative estimate of drug-likeness (QED) is 0.346. The highest BCUT2D eigenvalue weighted by molar-refractivity contribution is 6.00. The molecule has 0 aliphatic carbocycles. The standard InChI is InChI=1S/C18H17F8NO3/c1-9(2)8-15(19,16(20,21)17(22,23)18(24,25)26)11-5-6-12(14(29)30-4)13(7-11)27-10(3)28/h5-7H,1,8H2,2-4H3,(H,27,28). The number of methoxy groups -OCH3 is 1. The van der Waals surface area contributed by atoms with Crippen LogP contribution in [0.3, 0.4) is 0 Å². The van der Waals surface area contributed by atoms with Gasteiger partial charge in [0, 0.05) is 13.3 Å². The van der Waals surface area contributed by atoms with Crippen LogP contribution in [-0.2, 0) is 15.2 Å². The van der Waals surface area contributed by atoms with Crippen LogP contribution in [0.15, 0.2) is 30.4 Å². The predicted molar refractivity (Wildman–Crippen MR) is 90.3 cm³/mol. The normalized spacial score (nSPS) is 14.6. The minimum absolute atomic E-state index is 0.372. The molecule has 0 spiro atoms. The average Bonchev–Trinajstić information content (AvgIpc) is 2.58. The van der Waals surface area contributed by atoms with Gasteiger partial charge in [-0.15, -0.1) is 6.58 Å². The summed E-state index contributed by atoms with van der Waals surface area (Å²) in [6.07, 6.45) is -8.38. The van der Waals surface area contributed by atoms with Crippen molar-refractivity contribution in [3.05, 3.63) is 41.5 Å². The SMILES string of the molecule is C=C(C)CC(F)(c1ccc(C(=O)OC)c(NC(C)=O)c1)C(F)(F)C(F)(F)C(F)(F)F. The Hall–Kier alpha value is -2.66. The zero-order valence-corrected chi connectivity index (χ0v) is 15.9. The van der Waals surface area contributed by atoms with Crippen LogP contribution in [0.2, 0.25) is 0 Å². The maximum atomic E-state index is 15.5. The van der Waals surface area contributed by atoms with Crippen LogP contribution in [0.25, 0.3) is 0 Å². The predicted octanol–water partition coefficient (Wildman–Crippen LogP) is 5.40. The van der Waals surface area contributed by atoms with Crippen LogP contribution in [0.5, 0.6) is 0 Å². The maximum Gasteiger partial charge on any atom is 0.460 e. The zero-order chi connectivity index (χ0) is 23.7. The Balaban J connectivity index is 3.83. The largest absolute Gasteiger partial charge is 0.465 e. The highest BCUT2D eigenvalue weighted by Gasteiger charge is 2.80. The fraction of sp³-hybridized carbons (Fsp3) is 0.444. The smallest absolute Gasteiger partial charge is 0.460 e. The molecule has 1 unspecified atom stereocenters. The zero-order valence-electron chi connectivity index (χ0n) is 15.9. The number of benzene rings is 1. The van der Waals surface area contributed by atoms with Crippen molar-refractivity contribution >= 4 is 17.6 Å². The maximum absolute atomic E-state index is 15.5. The molecular weight excluding hydrogens is 430 g/mol. The van der Waals surface area contributed by atoms with E-state index in [1.165, 1.54) is 0 Å². The molecule has 1 N–H and O–H groups in total. The number of nitrogens with one attached hydrogen (secondary N) is 1. The van der Waals surface area contributed by atoms with Crippen molar-refractivity contribution in [1.29, 1.82) is 0 Å². The molecule has 4 nitrogen and oxygen atoms in total. The van der Waals surface area contributed by atoms with E-state index in [9.17, 15) is 40.3 Å². The highest BCUT2D eigenvalue weighted by Crippen LogP contribution is 2.58. The molecule has 12 heteroatoms. The molecule has 1 amide bonds.